The highest BCUT2D eigenvalue weighted by Gasteiger charge is 2.12. The average molecular weight is 186 g/mol. The lowest BCUT2D eigenvalue weighted by Gasteiger charge is -2.23. The first-order chi connectivity index (χ1) is 6.33. The van der Waals surface area contributed by atoms with E-state index in [1.54, 1.807) is 0 Å². The van der Waals surface area contributed by atoms with Crippen molar-refractivity contribution < 1.29 is 9.53 Å². The fourth-order valence-electron chi connectivity index (χ4n) is 1.32. The fraction of sp³-hybridized carbons (Fsp3) is 0.889. The Bertz CT molecular complexity index is 156. The van der Waals surface area contributed by atoms with Gasteiger partial charge in [0.1, 0.15) is 0 Å². The molecule has 0 aromatic heterocycles. The minimum Gasteiger partial charge on any atom is -0.379 e. The Morgan fingerprint density at radius 3 is 3.15 bits per heavy atom. The summed E-state index contributed by atoms with van der Waals surface area (Å²) in [5.74, 6) is 0.122. The largest absolute Gasteiger partial charge is 0.379 e. The van der Waals surface area contributed by atoms with Crippen LogP contribution in [0.1, 0.15) is 19.8 Å². The molecule has 0 spiro atoms. The second-order valence-electron chi connectivity index (χ2n) is 3.22. The van der Waals surface area contributed by atoms with Gasteiger partial charge in [0.2, 0.25) is 5.91 Å². The van der Waals surface area contributed by atoms with Gasteiger partial charge in [0.15, 0.2) is 0 Å². The van der Waals surface area contributed by atoms with Crippen LogP contribution in [0.25, 0.3) is 0 Å². The quantitative estimate of drug-likeness (QED) is 0.644. The molecular weight excluding hydrogens is 168 g/mol. The van der Waals surface area contributed by atoms with Crippen LogP contribution in [0.4, 0.5) is 0 Å². The summed E-state index contributed by atoms with van der Waals surface area (Å²) in [6, 6.07) is 0.408. The van der Waals surface area contributed by atoms with E-state index in [4.69, 9.17) is 4.74 Å². The second kappa shape index (κ2) is 5.94. The smallest absolute Gasteiger partial charge is 0.219 e. The molecule has 1 saturated heterocycles. The van der Waals surface area contributed by atoms with Crippen LogP contribution in [0, 0.1) is 0 Å². The maximum absolute atomic E-state index is 10.9. The molecule has 1 fully saturated rings. The molecule has 1 unspecified atom stereocenters. The normalized spacial score (nSPS) is 22.7. The summed E-state index contributed by atoms with van der Waals surface area (Å²) < 4.78 is 5.29. The Balaban J connectivity index is 2.01. The third-order valence-corrected chi connectivity index (χ3v) is 2.13. The molecule has 1 amide bonds. The maximum atomic E-state index is 10.9. The molecule has 2 N–H and O–H groups in total. The van der Waals surface area contributed by atoms with Gasteiger partial charge in [-0.15, -0.1) is 0 Å². The predicted molar refractivity (Wildman–Crippen MR) is 50.5 cm³/mol. The number of amides is 1. The molecule has 4 heteroatoms. The molecule has 4 nitrogen and oxygen atoms in total. The van der Waals surface area contributed by atoms with E-state index in [0.29, 0.717) is 12.5 Å². The molecule has 0 aromatic carbocycles. The zero-order valence-electron chi connectivity index (χ0n) is 8.14. The highest BCUT2D eigenvalue weighted by Crippen LogP contribution is 1.96. The summed E-state index contributed by atoms with van der Waals surface area (Å²) >= 11 is 0. The van der Waals surface area contributed by atoms with Crippen LogP contribution in [0.5, 0.6) is 0 Å². The number of morpholine rings is 1. The Morgan fingerprint density at radius 1 is 1.69 bits per heavy atom. The van der Waals surface area contributed by atoms with Gasteiger partial charge in [-0.2, -0.15) is 0 Å². The molecule has 0 saturated carbocycles. The van der Waals surface area contributed by atoms with E-state index >= 15 is 0 Å². The van der Waals surface area contributed by atoms with Crippen LogP contribution in [-0.4, -0.2) is 38.3 Å². The summed E-state index contributed by atoms with van der Waals surface area (Å²) in [5, 5.41) is 6.18. The fourth-order valence-corrected chi connectivity index (χ4v) is 1.32. The van der Waals surface area contributed by atoms with E-state index in [2.05, 4.69) is 10.6 Å². The Morgan fingerprint density at radius 2 is 2.54 bits per heavy atom. The van der Waals surface area contributed by atoms with Crippen molar-refractivity contribution >= 4 is 5.91 Å². The third kappa shape index (κ3) is 4.24. The van der Waals surface area contributed by atoms with Crippen molar-refractivity contribution in [2.45, 2.75) is 25.8 Å². The van der Waals surface area contributed by atoms with Crippen LogP contribution < -0.4 is 10.6 Å². The van der Waals surface area contributed by atoms with E-state index in [1.807, 2.05) is 6.92 Å². The number of carbonyl (C=O) groups excluding carboxylic acids is 1. The van der Waals surface area contributed by atoms with Gasteiger partial charge in [-0.3, -0.25) is 4.79 Å². The van der Waals surface area contributed by atoms with Crippen molar-refractivity contribution in [3.8, 4) is 0 Å². The van der Waals surface area contributed by atoms with Gasteiger partial charge in [-0.05, 0) is 6.42 Å². The summed E-state index contributed by atoms with van der Waals surface area (Å²) in [5.41, 5.74) is 0. The first-order valence-corrected chi connectivity index (χ1v) is 4.90. The SMILES string of the molecule is CCC(=O)NCCC1COCCN1. The molecule has 0 radical (unpaired) electrons. The van der Waals surface area contributed by atoms with E-state index < -0.39 is 0 Å². The molecule has 1 aliphatic heterocycles. The van der Waals surface area contributed by atoms with Gasteiger partial charge in [0.25, 0.3) is 0 Å². The Labute approximate surface area is 79.0 Å². The van der Waals surface area contributed by atoms with Gasteiger partial charge < -0.3 is 15.4 Å². The van der Waals surface area contributed by atoms with Crippen molar-refractivity contribution in [3.63, 3.8) is 0 Å². The summed E-state index contributed by atoms with van der Waals surface area (Å²) in [7, 11) is 0. The van der Waals surface area contributed by atoms with Crippen LogP contribution in [0.3, 0.4) is 0 Å². The van der Waals surface area contributed by atoms with Crippen molar-refractivity contribution in [2.24, 2.45) is 0 Å². The van der Waals surface area contributed by atoms with Crippen molar-refractivity contribution in [1.29, 1.82) is 0 Å². The van der Waals surface area contributed by atoms with Gasteiger partial charge in [0.05, 0.1) is 13.2 Å². The number of rotatable bonds is 4. The number of hydrogen-bond acceptors (Lipinski definition) is 3. The van der Waals surface area contributed by atoms with E-state index in [-0.39, 0.29) is 5.91 Å². The number of hydrogen-bond donors (Lipinski definition) is 2. The first kappa shape index (κ1) is 10.5. The minimum atomic E-state index is 0.122. The van der Waals surface area contributed by atoms with E-state index in [9.17, 15) is 4.79 Å². The van der Waals surface area contributed by atoms with Crippen molar-refractivity contribution in [2.75, 3.05) is 26.3 Å². The monoisotopic (exact) mass is 186 g/mol. The highest BCUT2D eigenvalue weighted by molar-refractivity contribution is 5.75. The van der Waals surface area contributed by atoms with Gasteiger partial charge >= 0.3 is 0 Å². The summed E-state index contributed by atoms with van der Waals surface area (Å²) in [4.78, 5) is 10.9. The molecule has 0 aromatic rings. The van der Waals surface area contributed by atoms with Gasteiger partial charge in [-0.25, -0.2) is 0 Å². The van der Waals surface area contributed by atoms with Crippen LogP contribution in [0.2, 0.25) is 0 Å². The maximum Gasteiger partial charge on any atom is 0.219 e. The van der Waals surface area contributed by atoms with E-state index in [0.717, 1.165) is 32.7 Å². The molecule has 1 atom stereocenters. The molecule has 1 heterocycles. The second-order valence-corrected chi connectivity index (χ2v) is 3.22. The highest BCUT2D eigenvalue weighted by atomic mass is 16.5. The number of nitrogens with one attached hydrogen (secondary N) is 2. The molecule has 1 rings (SSSR count). The van der Waals surface area contributed by atoms with Crippen molar-refractivity contribution in [1.82, 2.24) is 10.6 Å². The lowest BCUT2D eigenvalue weighted by molar-refractivity contribution is -0.120. The lowest BCUT2D eigenvalue weighted by atomic mass is 10.2. The third-order valence-electron chi connectivity index (χ3n) is 2.13. The van der Waals surface area contributed by atoms with Gasteiger partial charge in [0, 0.05) is 25.6 Å². The van der Waals surface area contributed by atoms with E-state index in [1.165, 1.54) is 0 Å². The van der Waals surface area contributed by atoms with Crippen LogP contribution in [0.15, 0.2) is 0 Å². The molecule has 1 aliphatic rings. The average Bonchev–Trinajstić information content (AvgIpc) is 2.19. The molecular formula is C9H18N2O2. The summed E-state index contributed by atoms with van der Waals surface area (Å²) in [6.07, 6.45) is 1.51. The van der Waals surface area contributed by atoms with Crippen LogP contribution in [-0.2, 0) is 9.53 Å². The first-order valence-electron chi connectivity index (χ1n) is 4.90. The zero-order valence-corrected chi connectivity index (χ0v) is 8.14. The predicted octanol–water partition coefficient (Wildman–Crippen LogP) is -0.109. The van der Waals surface area contributed by atoms with Crippen LogP contribution >= 0.6 is 0 Å². The molecule has 13 heavy (non-hydrogen) atoms. The standard InChI is InChI=1S/C9H18N2O2/c1-2-9(12)11-4-3-8-7-13-6-5-10-8/h8,10H,2-7H2,1H3,(H,11,12). The zero-order chi connectivity index (χ0) is 9.52. The van der Waals surface area contributed by atoms with Gasteiger partial charge in [-0.1, -0.05) is 6.92 Å². The Kier molecular flexibility index (Phi) is 4.78. The molecule has 0 bridgehead atoms. The molecule has 0 aliphatic carbocycles. The topological polar surface area (TPSA) is 50.4 Å². The lowest BCUT2D eigenvalue weighted by Crippen LogP contribution is -2.43. The number of ether oxygens (including phenoxy) is 1. The summed E-state index contributed by atoms with van der Waals surface area (Å²) in [6.45, 7) is 5.09. The Hall–Kier alpha value is -0.610. The van der Waals surface area contributed by atoms with Crippen molar-refractivity contribution in [3.05, 3.63) is 0 Å². The molecule has 76 valence electrons. The minimum absolute atomic E-state index is 0.122. The number of carbonyl (C=O) groups is 1.